The van der Waals surface area contributed by atoms with Crippen molar-refractivity contribution in [2.24, 2.45) is 5.41 Å². The van der Waals surface area contributed by atoms with Gasteiger partial charge in [0.25, 0.3) is 0 Å². The molecule has 0 saturated heterocycles. The van der Waals surface area contributed by atoms with Gasteiger partial charge in [0.05, 0.1) is 0 Å². The topological polar surface area (TPSA) is 0 Å². The summed E-state index contributed by atoms with van der Waals surface area (Å²) in [6.45, 7) is 6.67. The summed E-state index contributed by atoms with van der Waals surface area (Å²) < 4.78 is 0. The van der Waals surface area contributed by atoms with Crippen molar-refractivity contribution >= 4 is 37.4 Å². The van der Waals surface area contributed by atoms with Crippen LogP contribution in [0.25, 0.3) is 21.5 Å². The maximum Gasteiger partial charge on any atom is -0.0771 e. The Bertz CT molecular complexity index is 1400. The third-order valence-electron chi connectivity index (χ3n) is 6.21. The van der Waals surface area contributed by atoms with E-state index >= 15 is 0 Å². The van der Waals surface area contributed by atoms with E-state index in [1.807, 2.05) is 0 Å². The van der Waals surface area contributed by atoms with Gasteiger partial charge in [0.15, 0.2) is 0 Å². The van der Waals surface area contributed by atoms with Crippen LogP contribution in [0.15, 0.2) is 133 Å². The van der Waals surface area contributed by atoms with Crippen LogP contribution in [0, 0.1) is 11.5 Å². The zero-order valence-corrected chi connectivity index (χ0v) is 27.1. The van der Waals surface area contributed by atoms with Crippen LogP contribution in [0.4, 0.5) is 0 Å². The third kappa shape index (κ3) is 8.72. The van der Waals surface area contributed by atoms with Gasteiger partial charge >= 0.3 is 99.8 Å². The Kier molecular flexibility index (Phi) is 13.1. The second-order valence-electron chi connectivity index (χ2n) is 9.89. The molecule has 0 nitrogen and oxygen atoms in total. The molecule has 0 aliphatic heterocycles. The van der Waals surface area contributed by atoms with Crippen LogP contribution in [0.2, 0.25) is 0 Å². The van der Waals surface area contributed by atoms with Gasteiger partial charge in [-0.05, 0) is 0 Å². The number of rotatable bonds is 2. The minimum atomic E-state index is -0.455. The average Bonchev–Trinajstić information content (AvgIpc) is 3.59. The number of fused-ring (bicyclic) bond motifs is 3. The molecule has 0 spiro atoms. The maximum atomic E-state index is 3.16. The van der Waals surface area contributed by atoms with E-state index in [-0.39, 0.29) is 24.8 Å². The van der Waals surface area contributed by atoms with Crippen LogP contribution < -0.4 is 35.2 Å². The summed E-state index contributed by atoms with van der Waals surface area (Å²) in [4.78, 5) is 0. The van der Waals surface area contributed by atoms with Gasteiger partial charge in [0, 0.05) is 0 Å². The summed E-state index contributed by atoms with van der Waals surface area (Å²) in [5, 5.41) is 8.42. The molecule has 0 saturated carbocycles. The van der Waals surface area contributed by atoms with E-state index in [0.717, 1.165) is 6.42 Å². The summed E-state index contributed by atoms with van der Waals surface area (Å²) in [5.41, 5.74) is 1.29. The normalized spacial score (nSPS) is 11.8. The first kappa shape index (κ1) is 32.1. The molecule has 1 aliphatic rings. The van der Waals surface area contributed by atoms with Crippen molar-refractivity contribution in [1.82, 2.24) is 0 Å². The molecule has 192 valence electrons. The molecular weight excluding hydrogens is 599 g/mol. The maximum absolute atomic E-state index is 3.16. The van der Waals surface area contributed by atoms with Gasteiger partial charge in [0.2, 0.25) is 0 Å². The molecule has 0 N–H and O–H groups in total. The van der Waals surface area contributed by atoms with Gasteiger partial charge in [-0.3, -0.25) is 6.08 Å². The molecular formula is C34H32Cl2SiZr-2. The smallest absolute Gasteiger partial charge is 0.0771 e. The van der Waals surface area contributed by atoms with E-state index in [1.165, 1.54) is 37.5 Å². The number of allylic oxidation sites excluding steroid dienone is 4. The molecule has 0 heterocycles. The Hall–Kier alpha value is -2.09. The van der Waals surface area contributed by atoms with Crippen LogP contribution in [0.5, 0.6) is 0 Å². The Morgan fingerprint density at radius 2 is 1.08 bits per heavy atom. The Labute approximate surface area is 255 Å². The van der Waals surface area contributed by atoms with Crippen LogP contribution in [-0.2, 0) is 23.3 Å². The quantitative estimate of drug-likeness (QED) is 0.206. The van der Waals surface area contributed by atoms with Gasteiger partial charge in [-0.1, -0.05) is 62.6 Å². The van der Waals surface area contributed by atoms with E-state index in [4.69, 9.17) is 0 Å². The molecule has 0 amide bonds. The Morgan fingerprint density at radius 1 is 0.658 bits per heavy atom. The summed E-state index contributed by atoms with van der Waals surface area (Å²) >= 11 is 1.64. The molecule has 0 aromatic heterocycles. The molecule has 4 heteroatoms. The summed E-state index contributed by atoms with van der Waals surface area (Å²) in [6, 6.07) is 41.0. The SMILES string of the molecule is CC(C)(C)C1=CC[C-]=C1.[Cl-].[Cl-].[Zr+2]=[Si](c1ccccc1)c1ccccc1.c1ccc2c(c1)[cH-]c1ccccc12. The number of hydrogen-bond donors (Lipinski definition) is 0. The van der Waals surface area contributed by atoms with Gasteiger partial charge in [-0.2, -0.15) is 11.6 Å². The zero-order chi connectivity index (χ0) is 25.4. The molecule has 0 bridgehead atoms. The molecule has 0 fully saturated rings. The predicted octanol–water partition coefficient (Wildman–Crippen LogP) is 1.78. The second-order valence-corrected chi connectivity index (χ2v) is 15.5. The zero-order valence-electron chi connectivity index (χ0n) is 22.1. The number of hydrogen-bond acceptors (Lipinski definition) is 0. The molecule has 6 rings (SSSR count). The van der Waals surface area contributed by atoms with Gasteiger partial charge in [-0.25, -0.2) is 6.08 Å². The van der Waals surface area contributed by atoms with Crippen molar-refractivity contribution < 1.29 is 48.1 Å². The first-order valence-corrected chi connectivity index (χ1v) is 17.6. The van der Waals surface area contributed by atoms with E-state index in [0.29, 0.717) is 5.41 Å². The molecule has 5 aromatic rings. The van der Waals surface area contributed by atoms with Crippen molar-refractivity contribution in [2.75, 3.05) is 0 Å². The fraction of sp³-hybridized carbons (Fsp3) is 0.147. The van der Waals surface area contributed by atoms with E-state index in [9.17, 15) is 0 Å². The monoisotopic (exact) mass is 628 g/mol. The Morgan fingerprint density at radius 3 is 1.45 bits per heavy atom. The average molecular weight is 631 g/mol. The van der Waals surface area contributed by atoms with Crippen molar-refractivity contribution in [3.05, 3.63) is 139 Å². The standard InChI is InChI=1S/C13H9.C12H10Si.C9H13.2ClH.Zr/c1-3-7-12-10(5-1)9-11-6-2-4-8-13(11)12;1-3-7-11(8-4-1)13-12-9-5-2-6-10-12;1-9(2,3)8-6-4-5-7-8;;;/h1-9H;1-10H;6-7H,4H2,1-3H3;2*1H;/q-1;;-1;;;+2/p-2. The summed E-state index contributed by atoms with van der Waals surface area (Å²) in [7, 11) is 0. The minimum Gasteiger partial charge on any atom is -0.126 e. The number of benzene rings is 4. The first-order chi connectivity index (χ1) is 17.4. The largest absolute Gasteiger partial charge is 0.126 e. The van der Waals surface area contributed by atoms with Crippen LogP contribution in [0.3, 0.4) is 0 Å². The Balaban J connectivity index is 0.000000200. The van der Waals surface area contributed by atoms with Crippen molar-refractivity contribution in [1.29, 1.82) is 0 Å². The summed E-state index contributed by atoms with van der Waals surface area (Å²) in [5.74, 6) is 0. The minimum absolute atomic E-state index is 0. The molecule has 5 aromatic carbocycles. The first-order valence-electron chi connectivity index (χ1n) is 12.4. The molecule has 0 radical (unpaired) electrons. The van der Waals surface area contributed by atoms with E-state index < -0.39 is 5.43 Å². The van der Waals surface area contributed by atoms with Crippen molar-refractivity contribution in [3.8, 4) is 0 Å². The van der Waals surface area contributed by atoms with Gasteiger partial charge < -0.3 is 24.8 Å². The van der Waals surface area contributed by atoms with Crippen molar-refractivity contribution in [2.45, 2.75) is 27.2 Å². The van der Waals surface area contributed by atoms with E-state index in [2.05, 4.69) is 154 Å². The molecule has 0 atom stereocenters. The third-order valence-corrected chi connectivity index (χ3v) is 12.3. The molecule has 1 aliphatic carbocycles. The fourth-order valence-corrected chi connectivity index (χ4v) is 8.04. The van der Waals surface area contributed by atoms with Crippen LogP contribution in [-0.4, -0.2) is 5.43 Å². The van der Waals surface area contributed by atoms with Gasteiger partial charge in [-0.15, -0.1) is 46.2 Å². The van der Waals surface area contributed by atoms with Gasteiger partial charge in [0.1, 0.15) is 0 Å². The van der Waals surface area contributed by atoms with Crippen molar-refractivity contribution in [3.63, 3.8) is 0 Å². The van der Waals surface area contributed by atoms with E-state index in [1.54, 1.807) is 23.3 Å². The number of halogens is 2. The molecule has 38 heavy (non-hydrogen) atoms. The predicted molar refractivity (Wildman–Crippen MR) is 155 cm³/mol. The second kappa shape index (κ2) is 15.5. The fourth-order valence-electron chi connectivity index (χ4n) is 4.20. The molecule has 0 unspecified atom stereocenters. The summed E-state index contributed by atoms with van der Waals surface area (Å²) in [6.07, 6.45) is 8.50. The van der Waals surface area contributed by atoms with Crippen LogP contribution in [0.1, 0.15) is 27.2 Å². The van der Waals surface area contributed by atoms with Crippen LogP contribution >= 0.6 is 0 Å².